The molecule has 5 heteroatoms. The second-order valence-corrected chi connectivity index (χ2v) is 7.75. The highest BCUT2D eigenvalue weighted by molar-refractivity contribution is 6.30. The van der Waals surface area contributed by atoms with Crippen molar-refractivity contribution < 1.29 is 9.53 Å². The summed E-state index contributed by atoms with van der Waals surface area (Å²) in [6.07, 6.45) is 8.53. The standard InChI is InChI=1S/C22H27N3O2/c1-4-27-22(26)18-8-7-17(18)19-12-20(16-6-5-14(2)11-15(16)3)25-10-9-23-13-21(25)24-19/h5-6,9-11,13,17-20H,4,7-8,12H2,1-3H3. The molecule has 4 atom stereocenters. The Balaban J connectivity index is 1.64. The van der Waals surface area contributed by atoms with E-state index in [1.807, 2.05) is 25.5 Å². The molecule has 1 aliphatic carbocycles. The van der Waals surface area contributed by atoms with Gasteiger partial charge in [0.05, 0.1) is 30.8 Å². The first-order valence-corrected chi connectivity index (χ1v) is 9.88. The SMILES string of the molecule is CCOC(=O)C1CCC1C1CC(c2ccc(C)cc2C)N2C=CN=CC2=N1. The maximum atomic E-state index is 12.3. The number of aryl methyl sites for hydroxylation is 2. The molecule has 0 saturated heterocycles. The average Bonchev–Trinajstić information content (AvgIpc) is 2.60. The van der Waals surface area contributed by atoms with Crippen molar-refractivity contribution in [3.05, 3.63) is 47.3 Å². The summed E-state index contributed by atoms with van der Waals surface area (Å²) < 4.78 is 5.28. The number of ether oxygens (including phenoxy) is 1. The van der Waals surface area contributed by atoms with Crippen LogP contribution in [-0.4, -0.2) is 35.6 Å². The van der Waals surface area contributed by atoms with Crippen LogP contribution in [0, 0.1) is 25.7 Å². The fraction of sp³-hybridized carbons (Fsp3) is 0.500. The molecule has 4 unspecified atom stereocenters. The van der Waals surface area contributed by atoms with Crippen molar-refractivity contribution in [1.82, 2.24) is 4.90 Å². The summed E-state index contributed by atoms with van der Waals surface area (Å²) >= 11 is 0. The number of fused-ring (bicyclic) bond motifs is 1. The van der Waals surface area contributed by atoms with Gasteiger partial charge in [0.15, 0.2) is 0 Å². The van der Waals surface area contributed by atoms with Crippen LogP contribution in [0.15, 0.2) is 40.6 Å². The van der Waals surface area contributed by atoms with Crippen molar-refractivity contribution in [1.29, 1.82) is 0 Å². The highest BCUT2D eigenvalue weighted by Crippen LogP contribution is 2.45. The molecule has 0 spiro atoms. The van der Waals surface area contributed by atoms with E-state index >= 15 is 0 Å². The van der Waals surface area contributed by atoms with Crippen LogP contribution in [0.4, 0.5) is 0 Å². The summed E-state index contributed by atoms with van der Waals surface area (Å²) in [4.78, 5) is 23.8. The van der Waals surface area contributed by atoms with Gasteiger partial charge in [-0.3, -0.25) is 14.8 Å². The van der Waals surface area contributed by atoms with Crippen LogP contribution in [-0.2, 0) is 9.53 Å². The van der Waals surface area contributed by atoms with Gasteiger partial charge >= 0.3 is 5.97 Å². The van der Waals surface area contributed by atoms with Gasteiger partial charge in [-0.25, -0.2) is 0 Å². The maximum Gasteiger partial charge on any atom is 0.309 e. The Bertz CT molecular complexity index is 827. The first kappa shape index (κ1) is 18.0. The van der Waals surface area contributed by atoms with E-state index in [0.717, 1.165) is 25.1 Å². The number of aliphatic imine (C=N–C) groups is 2. The third-order valence-electron chi connectivity index (χ3n) is 6.06. The van der Waals surface area contributed by atoms with E-state index in [0.29, 0.717) is 6.61 Å². The zero-order valence-corrected chi connectivity index (χ0v) is 16.3. The molecular formula is C22H27N3O2. The summed E-state index contributed by atoms with van der Waals surface area (Å²) in [5.74, 6) is 1.10. The molecule has 2 aliphatic heterocycles. The second-order valence-electron chi connectivity index (χ2n) is 7.75. The van der Waals surface area contributed by atoms with E-state index < -0.39 is 0 Å². The van der Waals surface area contributed by atoms with Gasteiger partial charge in [0, 0.05) is 12.4 Å². The van der Waals surface area contributed by atoms with Crippen LogP contribution in [0.2, 0.25) is 0 Å². The molecule has 0 N–H and O–H groups in total. The largest absolute Gasteiger partial charge is 0.466 e. The molecule has 5 nitrogen and oxygen atoms in total. The monoisotopic (exact) mass is 365 g/mol. The number of amidine groups is 1. The number of carbonyl (C=O) groups is 1. The minimum absolute atomic E-state index is 0.0123. The van der Waals surface area contributed by atoms with Crippen LogP contribution in [0.25, 0.3) is 0 Å². The molecule has 1 fully saturated rings. The lowest BCUT2D eigenvalue weighted by atomic mass is 9.67. The van der Waals surface area contributed by atoms with Gasteiger partial charge in [-0.1, -0.05) is 23.8 Å². The number of hydrogen-bond acceptors (Lipinski definition) is 5. The van der Waals surface area contributed by atoms with E-state index in [-0.39, 0.29) is 29.9 Å². The van der Waals surface area contributed by atoms with Gasteiger partial charge < -0.3 is 9.64 Å². The van der Waals surface area contributed by atoms with Gasteiger partial charge in [0.2, 0.25) is 0 Å². The van der Waals surface area contributed by atoms with Crippen LogP contribution in [0.5, 0.6) is 0 Å². The normalized spacial score (nSPS) is 29.0. The van der Waals surface area contributed by atoms with Gasteiger partial charge in [0.25, 0.3) is 0 Å². The lowest BCUT2D eigenvalue weighted by Gasteiger charge is -2.45. The van der Waals surface area contributed by atoms with E-state index in [4.69, 9.17) is 9.73 Å². The quantitative estimate of drug-likeness (QED) is 0.759. The molecule has 27 heavy (non-hydrogen) atoms. The Kier molecular flexibility index (Phi) is 4.85. The average molecular weight is 365 g/mol. The predicted molar refractivity (Wildman–Crippen MR) is 107 cm³/mol. The van der Waals surface area contributed by atoms with Crippen molar-refractivity contribution >= 4 is 18.0 Å². The fourth-order valence-electron chi connectivity index (χ4n) is 4.57. The maximum absolute atomic E-state index is 12.3. The molecule has 2 heterocycles. The molecule has 1 aromatic carbocycles. The third kappa shape index (κ3) is 3.31. The lowest BCUT2D eigenvalue weighted by Crippen LogP contribution is -2.47. The van der Waals surface area contributed by atoms with Crippen LogP contribution >= 0.6 is 0 Å². The number of nitrogens with zero attached hydrogens (tertiary/aromatic N) is 3. The number of benzene rings is 1. The van der Waals surface area contributed by atoms with Crippen molar-refractivity contribution in [2.75, 3.05) is 6.61 Å². The van der Waals surface area contributed by atoms with Crippen molar-refractivity contribution in [3.63, 3.8) is 0 Å². The molecule has 0 radical (unpaired) electrons. The highest BCUT2D eigenvalue weighted by atomic mass is 16.5. The van der Waals surface area contributed by atoms with Crippen molar-refractivity contribution in [3.8, 4) is 0 Å². The van der Waals surface area contributed by atoms with Crippen molar-refractivity contribution in [2.45, 2.75) is 52.1 Å². The molecule has 1 saturated carbocycles. The van der Waals surface area contributed by atoms with Crippen molar-refractivity contribution in [2.24, 2.45) is 21.8 Å². The molecule has 3 aliphatic rings. The van der Waals surface area contributed by atoms with E-state index in [1.54, 1.807) is 0 Å². The smallest absolute Gasteiger partial charge is 0.309 e. The molecular weight excluding hydrogens is 338 g/mol. The third-order valence-corrected chi connectivity index (χ3v) is 6.06. The predicted octanol–water partition coefficient (Wildman–Crippen LogP) is 3.96. The van der Waals surface area contributed by atoms with E-state index in [1.165, 1.54) is 16.7 Å². The Morgan fingerprint density at radius 1 is 1.30 bits per heavy atom. The minimum Gasteiger partial charge on any atom is -0.466 e. The number of esters is 1. The Morgan fingerprint density at radius 2 is 2.15 bits per heavy atom. The van der Waals surface area contributed by atoms with Crippen LogP contribution in [0.3, 0.4) is 0 Å². The molecule has 0 aromatic heterocycles. The summed E-state index contributed by atoms with van der Waals surface area (Å²) in [5, 5.41) is 0. The Labute approximate surface area is 160 Å². The number of rotatable bonds is 4. The van der Waals surface area contributed by atoms with Gasteiger partial charge in [-0.2, -0.15) is 0 Å². The molecule has 4 rings (SSSR count). The van der Waals surface area contributed by atoms with Gasteiger partial charge in [0.1, 0.15) is 5.84 Å². The van der Waals surface area contributed by atoms with Crippen LogP contribution in [0.1, 0.15) is 48.9 Å². The lowest BCUT2D eigenvalue weighted by molar-refractivity contribution is -0.155. The van der Waals surface area contributed by atoms with Gasteiger partial charge in [-0.05, 0) is 57.1 Å². The van der Waals surface area contributed by atoms with E-state index in [2.05, 4.69) is 41.9 Å². The summed E-state index contributed by atoms with van der Waals surface area (Å²) in [6.45, 7) is 6.61. The zero-order valence-electron chi connectivity index (χ0n) is 16.3. The molecule has 0 bridgehead atoms. The van der Waals surface area contributed by atoms with Crippen LogP contribution < -0.4 is 0 Å². The highest BCUT2D eigenvalue weighted by Gasteiger charge is 2.45. The second kappa shape index (κ2) is 7.29. The first-order valence-electron chi connectivity index (χ1n) is 9.88. The summed E-state index contributed by atoms with van der Waals surface area (Å²) in [7, 11) is 0. The Morgan fingerprint density at radius 3 is 2.85 bits per heavy atom. The fourth-order valence-corrected chi connectivity index (χ4v) is 4.57. The first-order chi connectivity index (χ1) is 13.1. The number of hydrogen-bond donors (Lipinski definition) is 0. The van der Waals surface area contributed by atoms with Gasteiger partial charge in [-0.15, -0.1) is 0 Å². The molecule has 1 aromatic rings. The Hall–Kier alpha value is -2.43. The summed E-state index contributed by atoms with van der Waals surface area (Å²) in [5.41, 5.74) is 3.89. The summed E-state index contributed by atoms with van der Waals surface area (Å²) in [6, 6.07) is 6.99. The number of carbonyl (C=O) groups excluding carboxylic acids is 1. The molecule has 142 valence electrons. The zero-order chi connectivity index (χ0) is 19.0. The topological polar surface area (TPSA) is 54.3 Å². The van der Waals surface area contributed by atoms with E-state index in [9.17, 15) is 4.79 Å². The minimum atomic E-state index is -0.0587. The molecule has 0 amide bonds.